The van der Waals surface area contributed by atoms with Gasteiger partial charge in [0.05, 0.1) is 6.10 Å². The molecule has 2 nitrogen and oxygen atoms in total. The molecule has 1 aliphatic rings. The molecule has 2 atom stereocenters. The summed E-state index contributed by atoms with van der Waals surface area (Å²) in [7, 11) is 0. The van der Waals surface area contributed by atoms with Gasteiger partial charge in [-0.3, -0.25) is 0 Å². The Morgan fingerprint density at radius 3 is 2.68 bits per heavy atom. The van der Waals surface area contributed by atoms with E-state index in [2.05, 4.69) is 12.2 Å². The standard InChI is InChI=1S/C15H21Cl2NO/c1-2-18-14(9-8-11-5-4-10-19-11)15-12(16)6-3-7-13(15)17/h3,6-7,11,14,18H,2,4-5,8-10H2,1H3. The Morgan fingerprint density at radius 2 is 2.11 bits per heavy atom. The lowest BCUT2D eigenvalue weighted by atomic mass is 9.99. The van der Waals surface area contributed by atoms with Crippen LogP contribution >= 0.6 is 23.2 Å². The third kappa shape index (κ3) is 4.09. The summed E-state index contributed by atoms with van der Waals surface area (Å²) in [5.41, 5.74) is 1.02. The molecule has 0 amide bonds. The molecule has 106 valence electrons. The largest absolute Gasteiger partial charge is 0.378 e. The van der Waals surface area contributed by atoms with Crippen molar-refractivity contribution in [3.05, 3.63) is 33.8 Å². The summed E-state index contributed by atoms with van der Waals surface area (Å²) in [6.07, 6.45) is 4.82. The molecule has 1 aromatic carbocycles. The second-order valence-corrected chi connectivity index (χ2v) is 5.77. The molecule has 1 aliphatic heterocycles. The molecule has 2 unspecified atom stereocenters. The van der Waals surface area contributed by atoms with E-state index < -0.39 is 0 Å². The third-order valence-corrected chi connectivity index (χ3v) is 4.26. The van der Waals surface area contributed by atoms with E-state index >= 15 is 0 Å². The molecule has 1 fully saturated rings. The van der Waals surface area contributed by atoms with Gasteiger partial charge in [-0.05, 0) is 44.4 Å². The van der Waals surface area contributed by atoms with Crippen LogP contribution in [0.3, 0.4) is 0 Å². The summed E-state index contributed by atoms with van der Waals surface area (Å²) in [6.45, 7) is 3.91. The molecule has 0 aliphatic carbocycles. The van der Waals surface area contributed by atoms with Gasteiger partial charge in [0.25, 0.3) is 0 Å². The van der Waals surface area contributed by atoms with Crippen LogP contribution in [0.5, 0.6) is 0 Å². The van der Waals surface area contributed by atoms with E-state index in [1.807, 2.05) is 18.2 Å². The Balaban J connectivity index is 2.05. The molecule has 1 aromatic rings. The molecule has 1 N–H and O–H groups in total. The quantitative estimate of drug-likeness (QED) is 0.829. The average Bonchev–Trinajstić information content (AvgIpc) is 2.88. The highest BCUT2D eigenvalue weighted by molar-refractivity contribution is 6.36. The van der Waals surface area contributed by atoms with Crippen LogP contribution in [0.1, 0.15) is 44.2 Å². The summed E-state index contributed by atoms with van der Waals surface area (Å²) in [5.74, 6) is 0. The smallest absolute Gasteiger partial charge is 0.0576 e. The SMILES string of the molecule is CCNC(CCC1CCCO1)c1c(Cl)cccc1Cl. The first kappa shape index (κ1) is 15.1. The topological polar surface area (TPSA) is 21.3 Å². The predicted molar refractivity (Wildman–Crippen MR) is 81.1 cm³/mol. The number of rotatable bonds is 6. The highest BCUT2D eigenvalue weighted by Crippen LogP contribution is 2.33. The second kappa shape index (κ2) is 7.49. The second-order valence-electron chi connectivity index (χ2n) is 4.96. The highest BCUT2D eigenvalue weighted by atomic mass is 35.5. The van der Waals surface area contributed by atoms with Crippen molar-refractivity contribution in [2.24, 2.45) is 0 Å². The lowest BCUT2D eigenvalue weighted by Gasteiger charge is -2.22. The van der Waals surface area contributed by atoms with Crippen LogP contribution in [0.15, 0.2) is 18.2 Å². The monoisotopic (exact) mass is 301 g/mol. The summed E-state index contributed by atoms with van der Waals surface area (Å²) in [4.78, 5) is 0. The van der Waals surface area contributed by atoms with Crippen molar-refractivity contribution < 1.29 is 4.74 Å². The molecule has 0 spiro atoms. The van der Waals surface area contributed by atoms with Gasteiger partial charge in [0.1, 0.15) is 0 Å². The molecule has 0 bridgehead atoms. The van der Waals surface area contributed by atoms with E-state index in [1.165, 1.54) is 12.8 Å². The van der Waals surface area contributed by atoms with Gasteiger partial charge in [0, 0.05) is 28.3 Å². The van der Waals surface area contributed by atoms with Crippen LogP contribution in [0.4, 0.5) is 0 Å². The van der Waals surface area contributed by atoms with Crippen LogP contribution in [0, 0.1) is 0 Å². The van der Waals surface area contributed by atoms with Crippen molar-refractivity contribution in [1.82, 2.24) is 5.32 Å². The van der Waals surface area contributed by atoms with Crippen molar-refractivity contribution in [2.75, 3.05) is 13.2 Å². The minimum absolute atomic E-state index is 0.204. The van der Waals surface area contributed by atoms with E-state index in [0.29, 0.717) is 6.10 Å². The Labute approximate surface area is 125 Å². The minimum Gasteiger partial charge on any atom is -0.378 e. The number of halogens is 2. The van der Waals surface area contributed by atoms with E-state index in [1.54, 1.807) is 0 Å². The summed E-state index contributed by atoms with van der Waals surface area (Å²) < 4.78 is 5.68. The molecule has 4 heteroatoms. The molecular weight excluding hydrogens is 281 g/mol. The molecule has 2 rings (SSSR count). The fraction of sp³-hybridized carbons (Fsp3) is 0.600. The summed E-state index contributed by atoms with van der Waals surface area (Å²) in [6, 6.07) is 5.89. The number of ether oxygens (including phenoxy) is 1. The van der Waals surface area contributed by atoms with Gasteiger partial charge < -0.3 is 10.1 Å². The number of nitrogens with one attached hydrogen (secondary N) is 1. The van der Waals surface area contributed by atoms with Gasteiger partial charge in [-0.15, -0.1) is 0 Å². The van der Waals surface area contributed by atoms with Gasteiger partial charge in [-0.2, -0.15) is 0 Å². The van der Waals surface area contributed by atoms with Crippen molar-refractivity contribution in [3.63, 3.8) is 0 Å². The van der Waals surface area contributed by atoms with Gasteiger partial charge in [-0.25, -0.2) is 0 Å². The van der Waals surface area contributed by atoms with Crippen LogP contribution in [-0.4, -0.2) is 19.3 Å². The Morgan fingerprint density at radius 1 is 1.37 bits per heavy atom. The molecular formula is C15H21Cl2NO. The van der Waals surface area contributed by atoms with Crippen LogP contribution in [0.25, 0.3) is 0 Å². The lowest BCUT2D eigenvalue weighted by Crippen LogP contribution is -2.23. The normalized spacial score (nSPS) is 20.7. The van der Waals surface area contributed by atoms with E-state index in [9.17, 15) is 0 Å². The average molecular weight is 302 g/mol. The maximum absolute atomic E-state index is 6.30. The van der Waals surface area contributed by atoms with Crippen LogP contribution in [-0.2, 0) is 4.74 Å². The maximum Gasteiger partial charge on any atom is 0.0576 e. The third-order valence-electron chi connectivity index (χ3n) is 3.60. The first-order valence-corrected chi connectivity index (χ1v) is 7.77. The summed E-state index contributed by atoms with van der Waals surface area (Å²) >= 11 is 12.6. The van der Waals surface area contributed by atoms with Crippen LogP contribution in [0.2, 0.25) is 10.0 Å². The van der Waals surface area contributed by atoms with Gasteiger partial charge in [-0.1, -0.05) is 36.2 Å². The van der Waals surface area contributed by atoms with Crippen molar-refractivity contribution in [3.8, 4) is 0 Å². The highest BCUT2D eigenvalue weighted by Gasteiger charge is 2.21. The molecule has 19 heavy (non-hydrogen) atoms. The zero-order chi connectivity index (χ0) is 13.7. The zero-order valence-electron chi connectivity index (χ0n) is 11.3. The van der Waals surface area contributed by atoms with Crippen LogP contribution < -0.4 is 5.32 Å². The van der Waals surface area contributed by atoms with Gasteiger partial charge >= 0.3 is 0 Å². The predicted octanol–water partition coefficient (Wildman–Crippen LogP) is 4.60. The van der Waals surface area contributed by atoms with E-state index in [0.717, 1.165) is 41.6 Å². The fourth-order valence-electron chi connectivity index (χ4n) is 2.66. The molecule has 0 aromatic heterocycles. The number of benzene rings is 1. The maximum atomic E-state index is 6.30. The van der Waals surface area contributed by atoms with Crippen molar-refractivity contribution in [1.29, 1.82) is 0 Å². The zero-order valence-corrected chi connectivity index (χ0v) is 12.8. The number of hydrogen-bond donors (Lipinski definition) is 1. The molecule has 1 saturated heterocycles. The first-order chi connectivity index (χ1) is 9.22. The Bertz CT molecular complexity index is 385. The van der Waals surface area contributed by atoms with E-state index in [4.69, 9.17) is 27.9 Å². The minimum atomic E-state index is 0.204. The van der Waals surface area contributed by atoms with Gasteiger partial charge in [0.2, 0.25) is 0 Å². The van der Waals surface area contributed by atoms with Crippen molar-refractivity contribution >= 4 is 23.2 Å². The van der Waals surface area contributed by atoms with E-state index in [-0.39, 0.29) is 6.04 Å². The summed E-state index contributed by atoms with van der Waals surface area (Å²) in [5, 5.41) is 4.96. The Kier molecular flexibility index (Phi) is 5.96. The number of hydrogen-bond acceptors (Lipinski definition) is 2. The Hall–Kier alpha value is -0.280. The molecule has 0 saturated carbocycles. The van der Waals surface area contributed by atoms with Gasteiger partial charge in [0.15, 0.2) is 0 Å². The fourth-order valence-corrected chi connectivity index (χ4v) is 3.32. The molecule has 0 radical (unpaired) electrons. The molecule has 1 heterocycles. The van der Waals surface area contributed by atoms with Crippen molar-refractivity contribution in [2.45, 2.75) is 44.8 Å². The first-order valence-electron chi connectivity index (χ1n) is 7.01. The lowest BCUT2D eigenvalue weighted by molar-refractivity contribution is 0.0996.